The minimum Gasteiger partial charge on any atom is -0.481 e. The first kappa shape index (κ1) is 18.7. The predicted molar refractivity (Wildman–Crippen MR) is 90.3 cm³/mol. The number of hydrogen-bond donors (Lipinski definition) is 1. The Morgan fingerprint density at radius 1 is 1.21 bits per heavy atom. The van der Waals surface area contributed by atoms with Gasteiger partial charge in [0.05, 0.1) is 11.3 Å². The fourth-order valence-corrected chi connectivity index (χ4v) is 3.73. The van der Waals surface area contributed by atoms with Crippen molar-refractivity contribution in [1.82, 2.24) is 9.80 Å². The normalized spacial score (nSPS) is 29.2. The molecule has 0 aromatic rings. The summed E-state index contributed by atoms with van der Waals surface area (Å²) in [5, 5.41) is 9.42. The molecule has 2 amide bonds. The van der Waals surface area contributed by atoms with Crippen molar-refractivity contribution in [1.29, 1.82) is 0 Å². The lowest BCUT2D eigenvalue weighted by molar-refractivity contribution is -0.155. The number of likely N-dealkylation sites (tertiary alicyclic amines) is 2. The highest BCUT2D eigenvalue weighted by atomic mass is 16.4. The van der Waals surface area contributed by atoms with Crippen molar-refractivity contribution in [3.63, 3.8) is 0 Å². The van der Waals surface area contributed by atoms with E-state index in [4.69, 9.17) is 0 Å². The summed E-state index contributed by atoms with van der Waals surface area (Å²) in [5.74, 6) is -0.892. The van der Waals surface area contributed by atoms with Gasteiger partial charge in [0.15, 0.2) is 0 Å². The zero-order chi connectivity index (χ0) is 17.9. The van der Waals surface area contributed by atoms with Gasteiger partial charge in [-0.25, -0.2) is 0 Å². The monoisotopic (exact) mass is 338 g/mol. The number of hydrogen-bond acceptors (Lipinski definition) is 3. The molecule has 0 aliphatic carbocycles. The Labute approximate surface area is 144 Å². The molecule has 2 aliphatic heterocycles. The number of carbonyl (C=O) groups is 3. The molecule has 3 atom stereocenters. The lowest BCUT2D eigenvalue weighted by atomic mass is 9.81. The molecule has 2 aliphatic rings. The molecule has 2 heterocycles. The van der Waals surface area contributed by atoms with Gasteiger partial charge in [-0.3, -0.25) is 14.4 Å². The lowest BCUT2D eigenvalue weighted by Crippen LogP contribution is -2.53. The number of carboxylic acids is 1. The van der Waals surface area contributed by atoms with Crippen molar-refractivity contribution in [2.45, 2.75) is 52.9 Å². The Kier molecular flexibility index (Phi) is 5.88. The molecule has 0 aromatic carbocycles. The molecule has 3 unspecified atom stereocenters. The highest BCUT2D eigenvalue weighted by Crippen LogP contribution is 2.31. The third kappa shape index (κ3) is 3.90. The summed E-state index contributed by atoms with van der Waals surface area (Å²) in [6.07, 6.45) is 3.75. The lowest BCUT2D eigenvalue weighted by Gasteiger charge is -2.41. The van der Waals surface area contributed by atoms with Crippen molar-refractivity contribution in [2.24, 2.45) is 17.3 Å². The molecule has 6 heteroatoms. The summed E-state index contributed by atoms with van der Waals surface area (Å²) in [6, 6.07) is 0. The molecule has 0 aromatic heterocycles. The molecule has 0 bridgehead atoms. The number of piperidine rings is 2. The molecular weight excluding hydrogens is 308 g/mol. The number of nitrogens with zero attached hydrogens (tertiary/aromatic N) is 2. The molecule has 6 nitrogen and oxygen atoms in total. The van der Waals surface area contributed by atoms with Crippen molar-refractivity contribution in [3.05, 3.63) is 0 Å². The summed E-state index contributed by atoms with van der Waals surface area (Å²) >= 11 is 0. The second-order valence-electron chi connectivity index (χ2n) is 7.66. The first-order chi connectivity index (χ1) is 11.3. The van der Waals surface area contributed by atoms with Gasteiger partial charge >= 0.3 is 5.97 Å². The molecule has 0 spiro atoms. The number of amides is 2. The van der Waals surface area contributed by atoms with E-state index in [1.165, 1.54) is 0 Å². The topological polar surface area (TPSA) is 77.9 Å². The molecule has 1 N–H and O–H groups in total. The third-order valence-electron chi connectivity index (χ3n) is 5.64. The van der Waals surface area contributed by atoms with E-state index in [9.17, 15) is 19.5 Å². The fraction of sp³-hybridized carbons (Fsp3) is 0.833. The molecule has 0 saturated carbocycles. The van der Waals surface area contributed by atoms with Crippen LogP contribution < -0.4 is 0 Å². The van der Waals surface area contributed by atoms with Crippen LogP contribution in [0.5, 0.6) is 0 Å². The zero-order valence-corrected chi connectivity index (χ0v) is 15.1. The van der Waals surface area contributed by atoms with Crippen LogP contribution in [0.2, 0.25) is 0 Å². The highest BCUT2D eigenvalue weighted by molar-refractivity contribution is 5.83. The Bertz CT molecular complexity index is 507. The number of carboxylic acid groups (broad SMARTS) is 1. The minimum atomic E-state index is -0.852. The molecule has 136 valence electrons. The van der Waals surface area contributed by atoms with E-state index in [-0.39, 0.29) is 30.2 Å². The van der Waals surface area contributed by atoms with Gasteiger partial charge in [0.2, 0.25) is 11.8 Å². The first-order valence-corrected chi connectivity index (χ1v) is 9.09. The maximum Gasteiger partial charge on any atom is 0.311 e. The van der Waals surface area contributed by atoms with Crippen LogP contribution in [0.25, 0.3) is 0 Å². The SMILES string of the molecule is CCC(C)C(=O)N1CCCC(C(=O)N2CCCC(C)(C(=O)O)C2)C1. The van der Waals surface area contributed by atoms with Gasteiger partial charge in [-0.05, 0) is 39.0 Å². The molecule has 2 fully saturated rings. The van der Waals surface area contributed by atoms with E-state index in [1.807, 2.05) is 18.7 Å². The Balaban J connectivity index is 2.01. The van der Waals surface area contributed by atoms with Crippen LogP contribution in [0, 0.1) is 17.3 Å². The minimum absolute atomic E-state index is 0.0101. The summed E-state index contributed by atoms with van der Waals surface area (Å²) in [4.78, 5) is 40.3. The first-order valence-electron chi connectivity index (χ1n) is 9.09. The van der Waals surface area contributed by atoms with E-state index in [2.05, 4.69) is 0 Å². The second kappa shape index (κ2) is 7.53. The summed E-state index contributed by atoms with van der Waals surface area (Å²) in [5.41, 5.74) is -0.852. The maximum absolute atomic E-state index is 12.9. The third-order valence-corrected chi connectivity index (χ3v) is 5.64. The van der Waals surface area contributed by atoms with Gasteiger partial charge in [-0.15, -0.1) is 0 Å². The summed E-state index contributed by atoms with van der Waals surface area (Å²) < 4.78 is 0. The summed E-state index contributed by atoms with van der Waals surface area (Å²) in [7, 11) is 0. The Morgan fingerprint density at radius 2 is 1.88 bits per heavy atom. The van der Waals surface area contributed by atoms with Crippen molar-refractivity contribution >= 4 is 17.8 Å². The smallest absolute Gasteiger partial charge is 0.311 e. The molecular formula is C18H30N2O4. The highest BCUT2D eigenvalue weighted by Gasteiger charge is 2.41. The van der Waals surface area contributed by atoms with Crippen molar-refractivity contribution < 1.29 is 19.5 Å². The molecule has 2 saturated heterocycles. The van der Waals surface area contributed by atoms with E-state index in [0.717, 1.165) is 32.2 Å². The number of carbonyl (C=O) groups excluding carboxylic acids is 2. The molecule has 24 heavy (non-hydrogen) atoms. The number of aliphatic carboxylic acids is 1. The van der Waals surface area contributed by atoms with Gasteiger partial charge in [0, 0.05) is 32.1 Å². The van der Waals surface area contributed by atoms with Crippen LogP contribution >= 0.6 is 0 Å². The summed E-state index contributed by atoms with van der Waals surface area (Å²) in [6.45, 7) is 7.73. The van der Waals surface area contributed by atoms with Gasteiger partial charge in [-0.1, -0.05) is 13.8 Å². The van der Waals surface area contributed by atoms with Crippen molar-refractivity contribution in [2.75, 3.05) is 26.2 Å². The van der Waals surface area contributed by atoms with Gasteiger partial charge < -0.3 is 14.9 Å². The van der Waals surface area contributed by atoms with Crippen molar-refractivity contribution in [3.8, 4) is 0 Å². The second-order valence-corrected chi connectivity index (χ2v) is 7.66. The molecule has 2 rings (SSSR count). The Morgan fingerprint density at radius 3 is 2.50 bits per heavy atom. The maximum atomic E-state index is 12.9. The van der Waals surface area contributed by atoms with E-state index in [1.54, 1.807) is 11.8 Å². The van der Waals surface area contributed by atoms with Gasteiger partial charge in [-0.2, -0.15) is 0 Å². The average Bonchev–Trinajstić information content (AvgIpc) is 2.59. The van der Waals surface area contributed by atoms with Crippen LogP contribution in [-0.4, -0.2) is 58.9 Å². The van der Waals surface area contributed by atoms with Gasteiger partial charge in [0.25, 0.3) is 0 Å². The number of rotatable bonds is 4. The zero-order valence-electron chi connectivity index (χ0n) is 15.1. The van der Waals surface area contributed by atoms with Crippen LogP contribution in [0.4, 0.5) is 0 Å². The predicted octanol–water partition coefficient (Wildman–Crippen LogP) is 1.98. The largest absolute Gasteiger partial charge is 0.481 e. The van der Waals surface area contributed by atoms with E-state index >= 15 is 0 Å². The van der Waals surface area contributed by atoms with Crippen LogP contribution in [-0.2, 0) is 14.4 Å². The fourth-order valence-electron chi connectivity index (χ4n) is 3.73. The van der Waals surface area contributed by atoms with E-state index < -0.39 is 11.4 Å². The van der Waals surface area contributed by atoms with E-state index in [0.29, 0.717) is 19.5 Å². The standard InChI is InChI=1S/C18H30N2O4/c1-4-13(2)15(21)19-9-5-7-14(11-19)16(22)20-10-6-8-18(3,12-20)17(23)24/h13-14H,4-12H2,1-3H3,(H,23,24). The Hall–Kier alpha value is -1.59. The quantitative estimate of drug-likeness (QED) is 0.850. The van der Waals surface area contributed by atoms with Crippen LogP contribution in [0.1, 0.15) is 52.9 Å². The van der Waals surface area contributed by atoms with Crippen LogP contribution in [0.15, 0.2) is 0 Å². The van der Waals surface area contributed by atoms with Gasteiger partial charge in [0.1, 0.15) is 0 Å². The average molecular weight is 338 g/mol. The molecule has 0 radical (unpaired) electrons. The van der Waals surface area contributed by atoms with Crippen LogP contribution in [0.3, 0.4) is 0 Å².